The van der Waals surface area contributed by atoms with Crippen molar-refractivity contribution >= 4 is 28.9 Å². The molecule has 2 aromatic carbocycles. The Labute approximate surface area is 143 Å². The highest BCUT2D eigenvalue weighted by Crippen LogP contribution is 2.27. The SMILES string of the molecule is O=C(NCCO)c1ccc(NCc2ccccc2Cl)c([N+](=O)[O-])c1. The molecular formula is C16H16ClN3O4. The molecule has 3 N–H and O–H groups in total. The molecule has 0 unspecified atom stereocenters. The molecule has 0 heterocycles. The molecule has 0 aliphatic carbocycles. The van der Waals surface area contributed by atoms with Crippen LogP contribution >= 0.6 is 11.6 Å². The minimum absolute atomic E-state index is 0.0825. The number of hydrogen-bond donors (Lipinski definition) is 3. The van der Waals surface area contributed by atoms with Crippen LogP contribution in [-0.2, 0) is 6.54 Å². The molecular weight excluding hydrogens is 334 g/mol. The molecule has 0 aliphatic rings. The van der Waals surface area contributed by atoms with Crippen molar-refractivity contribution in [2.45, 2.75) is 6.54 Å². The van der Waals surface area contributed by atoms with Gasteiger partial charge in [0.05, 0.1) is 11.5 Å². The number of rotatable bonds is 7. The third-order valence-corrected chi connectivity index (χ3v) is 3.65. The van der Waals surface area contributed by atoms with E-state index in [1.165, 1.54) is 18.2 Å². The highest BCUT2D eigenvalue weighted by molar-refractivity contribution is 6.31. The summed E-state index contributed by atoms with van der Waals surface area (Å²) in [7, 11) is 0. The van der Waals surface area contributed by atoms with Crippen molar-refractivity contribution < 1.29 is 14.8 Å². The number of nitro benzene ring substituents is 1. The molecule has 126 valence electrons. The molecule has 0 saturated heterocycles. The van der Waals surface area contributed by atoms with E-state index < -0.39 is 10.8 Å². The maximum atomic E-state index is 11.8. The monoisotopic (exact) mass is 349 g/mol. The smallest absolute Gasteiger partial charge is 0.293 e. The zero-order valence-corrected chi connectivity index (χ0v) is 13.4. The third-order valence-electron chi connectivity index (χ3n) is 3.28. The molecule has 0 fully saturated rings. The largest absolute Gasteiger partial charge is 0.395 e. The van der Waals surface area contributed by atoms with Crippen molar-refractivity contribution in [3.8, 4) is 0 Å². The lowest BCUT2D eigenvalue weighted by Crippen LogP contribution is -2.26. The molecule has 0 aliphatic heterocycles. The number of nitrogens with one attached hydrogen (secondary N) is 2. The van der Waals surface area contributed by atoms with Gasteiger partial charge in [-0.2, -0.15) is 0 Å². The molecule has 0 atom stereocenters. The predicted octanol–water partition coefficient (Wildman–Crippen LogP) is 2.58. The Bertz CT molecular complexity index is 752. The summed E-state index contributed by atoms with van der Waals surface area (Å²) < 4.78 is 0. The number of nitro groups is 1. The van der Waals surface area contributed by atoms with Gasteiger partial charge in [-0.25, -0.2) is 0 Å². The molecule has 1 amide bonds. The van der Waals surface area contributed by atoms with E-state index in [1.807, 2.05) is 12.1 Å². The number of aliphatic hydroxyl groups is 1. The Morgan fingerprint density at radius 1 is 1.25 bits per heavy atom. The molecule has 8 heteroatoms. The van der Waals surface area contributed by atoms with Gasteiger partial charge in [-0.05, 0) is 23.8 Å². The topological polar surface area (TPSA) is 104 Å². The molecule has 0 saturated carbocycles. The van der Waals surface area contributed by atoms with E-state index in [0.29, 0.717) is 17.3 Å². The summed E-state index contributed by atoms with van der Waals surface area (Å²) in [4.78, 5) is 22.5. The lowest BCUT2D eigenvalue weighted by Gasteiger charge is -2.10. The van der Waals surface area contributed by atoms with E-state index in [4.69, 9.17) is 16.7 Å². The summed E-state index contributed by atoms with van der Waals surface area (Å²) in [5, 5.41) is 25.9. The maximum Gasteiger partial charge on any atom is 0.293 e. The first kappa shape index (κ1) is 17.7. The molecule has 0 aromatic heterocycles. The van der Waals surface area contributed by atoms with Gasteiger partial charge in [-0.3, -0.25) is 14.9 Å². The number of nitrogens with zero attached hydrogens (tertiary/aromatic N) is 1. The zero-order chi connectivity index (χ0) is 17.5. The Balaban J connectivity index is 2.19. The lowest BCUT2D eigenvalue weighted by atomic mass is 10.1. The van der Waals surface area contributed by atoms with Crippen LogP contribution in [0.4, 0.5) is 11.4 Å². The normalized spacial score (nSPS) is 10.2. The van der Waals surface area contributed by atoms with Crippen molar-refractivity contribution in [2.75, 3.05) is 18.5 Å². The molecule has 2 aromatic rings. The van der Waals surface area contributed by atoms with Crippen LogP contribution in [0, 0.1) is 10.1 Å². The second kappa shape index (κ2) is 8.28. The highest BCUT2D eigenvalue weighted by Gasteiger charge is 2.17. The molecule has 2 rings (SSSR count). The van der Waals surface area contributed by atoms with Crippen LogP contribution in [0.1, 0.15) is 15.9 Å². The Hall–Kier alpha value is -2.64. The van der Waals surface area contributed by atoms with Gasteiger partial charge in [0.15, 0.2) is 0 Å². The zero-order valence-electron chi connectivity index (χ0n) is 12.7. The number of aliphatic hydroxyl groups excluding tert-OH is 1. The minimum Gasteiger partial charge on any atom is -0.395 e. The van der Waals surface area contributed by atoms with Crippen LogP contribution < -0.4 is 10.6 Å². The van der Waals surface area contributed by atoms with Crippen LogP contribution in [-0.4, -0.2) is 29.1 Å². The first-order valence-electron chi connectivity index (χ1n) is 7.17. The number of anilines is 1. The number of halogens is 1. The van der Waals surface area contributed by atoms with E-state index in [1.54, 1.807) is 12.1 Å². The van der Waals surface area contributed by atoms with E-state index in [2.05, 4.69) is 10.6 Å². The quantitative estimate of drug-likeness (QED) is 0.526. The van der Waals surface area contributed by atoms with Crippen molar-refractivity contribution in [3.05, 3.63) is 68.7 Å². The van der Waals surface area contributed by atoms with Gasteiger partial charge in [0.1, 0.15) is 5.69 Å². The van der Waals surface area contributed by atoms with E-state index in [0.717, 1.165) is 5.56 Å². The maximum absolute atomic E-state index is 11.8. The van der Waals surface area contributed by atoms with Crippen molar-refractivity contribution in [3.63, 3.8) is 0 Å². The summed E-state index contributed by atoms with van der Waals surface area (Å²) in [6.07, 6.45) is 0. The van der Waals surface area contributed by atoms with E-state index >= 15 is 0 Å². The summed E-state index contributed by atoms with van der Waals surface area (Å²) in [6, 6.07) is 11.3. The minimum atomic E-state index is -0.558. The number of hydrogen-bond acceptors (Lipinski definition) is 5. The number of benzene rings is 2. The van der Waals surface area contributed by atoms with E-state index in [9.17, 15) is 14.9 Å². The van der Waals surface area contributed by atoms with Crippen LogP contribution in [0.15, 0.2) is 42.5 Å². The fourth-order valence-electron chi connectivity index (χ4n) is 2.08. The molecule has 24 heavy (non-hydrogen) atoms. The Morgan fingerprint density at radius 2 is 2.00 bits per heavy atom. The predicted molar refractivity (Wildman–Crippen MR) is 91.3 cm³/mol. The summed E-state index contributed by atoms with van der Waals surface area (Å²) in [6.45, 7) is 0.195. The first-order chi connectivity index (χ1) is 11.5. The number of carbonyl (C=O) groups excluding carboxylic acids is 1. The van der Waals surface area contributed by atoms with Crippen LogP contribution in [0.3, 0.4) is 0 Å². The summed E-state index contributed by atoms with van der Waals surface area (Å²) in [5.41, 5.74) is 1.04. The van der Waals surface area contributed by atoms with Crippen molar-refractivity contribution in [1.82, 2.24) is 5.32 Å². The first-order valence-corrected chi connectivity index (χ1v) is 7.55. The van der Waals surface area contributed by atoms with Crippen LogP contribution in [0.25, 0.3) is 0 Å². The van der Waals surface area contributed by atoms with Gasteiger partial charge in [0.25, 0.3) is 11.6 Å². The van der Waals surface area contributed by atoms with Gasteiger partial charge in [0, 0.05) is 29.7 Å². The van der Waals surface area contributed by atoms with Crippen molar-refractivity contribution in [1.29, 1.82) is 0 Å². The fraction of sp³-hybridized carbons (Fsp3) is 0.188. The third kappa shape index (κ3) is 4.43. The molecule has 0 bridgehead atoms. The van der Waals surface area contributed by atoms with E-state index in [-0.39, 0.29) is 24.4 Å². The molecule has 0 radical (unpaired) electrons. The summed E-state index contributed by atoms with van der Waals surface area (Å²) in [5.74, 6) is -0.482. The second-order valence-corrected chi connectivity index (χ2v) is 5.32. The average Bonchev–Trinajstić information content (AvgIpc) is 2.58. The Kier molecular flexibility index (Phi) is 6.11. The van der Waals surface area contributed by atoms with Gasteiger partial charge in [-0.1, -0.05) is 29.8 Å². The van der Waals surface area contributed by atoms with Crippen LogP contribution in [0.2, 0.25) is 5.02 Å². The summed E-state index contributed by atoms with van der Waals surface area (Å²) >= 11 is 6.06. The standard InChI is InChI=1S/C16H16ClN3O4/c17-13-4-2-1-3-12(13)10-19-14-6-5-11(9-15(14)20(23)24)16(22)18-7-8-21/h1-6,9,19,21H,7-8,10H2,(H,18,22). The van der Waals surface area contributed by atoms with Gasteiger partial charge in [-0.15, -0.1) is 0 Å². The van der Waals surface area contributed by atoms with Gasteiger partial charge >= 0.3 is 0 Å². The van der Waals surface area contributed by atoms with Gasteiger partial charge < -0.3 is 15.7 Å². The highest BCUT2D eigenvalue weighted by atomic mass is 35.5. The second-order valence-electron chi connectivity index (χ2n) is 4.91. The molecule has 7 nitrogen and oxygen atoms in total. The lowest BCUT2D eigenvalue weighted by molar-refractivity contribution is -0.384. The van der Waals surface area contributed by atoms with Gasteiger partial charge in [0.2, 0.25) is 0 Å². The van der Waals surface area contributed by atoms with Crippen molar-refractivity contribution in [2.24, 2.45) is 0 Å². The average molecular weight is 350 g/mol. The number of amides is 1. The van der Waals surface area contributed by atoms with Crippen LogP contribution in [0.5, 0.6) is 0 Å². The molecule has 0 spiro atoms. The fourth-order valence-corrected chi connectivity index (χ4v) is 2.28. The Morgan fingerprint density at radius 3 is 2.67 bits per heavy atom. The number of carbonyl (C=O) groups is 1.